The van der Waals surface area contributed by atoms with E-state index in [9.17, 15) is 9.90 Å². The van der Waals surface area contributed by atoms with Gasteiger partial charge in [0, 0.05) is 22.8 Å². The van der Waals surface area contributed by atoms with Gasteiger partial charge in [-0.05, 0) is 30.7 Å². The van der Waals surface area contributed by atoms with Crippen LogP contribution in [0.15, 0.2) is 42.5 Å². The molecule has 4 nitrogen and oxygen atoms in total. The number of para-hydroxylation sites is 1. The molecule has 0 bridgehead atoms. The number of rotatable bonds is 14. The third kappa shape index (κ3) is 9.70. The zero-order valence-electron chi connectivity index (χ0n) is 19.1. The summed E-state index contributed by atoms with van der Waals surface area (Å²) in [6.45, 7) is 3.08. The van der Waals surface area contributed by atoms with E-state index >= 15 is 0 Å². The van der Waals surface area contributed by atoms with E-state index in [1.165, 1.54) is 57.4 Å². The van der Waals surface area contributed by atoms with Crippen LogP contribution < -0.4 is 5.32 Å². The molecule has 0 unspecified atom stereocenters. The Hall–Kier alpha value is -1.91. The predicted molar refractivity (Wildman–Crippen MR) is 136 cm³/mol. The monoisotopic (exact) mass is 478 g/mol. The first-order chi connectivity index (χ1) is 15.5. The lowest BCUT2D eigenvalue weighted by Gasteiger charge is -2.24. The van der Waals surface area contributed by atoms with E-state index in [2.05, 4.69) is 12.2 Å². The number of nitrogens with zero attached hydrogens (tertiary/aromatic N) is 1. The average molecular weight is 479 g/mol. The molecule has 176 valence electrons. The first kappa shape index (κ1) is 26.3. The van der Waals surface area contributed by atoms with Crippen molar-refractivity contribution in [3.63, 3.8) is 0 Å². The number of halogens is 2. The average Bonchev–Trinajstić information content (AvgIpc) is 2.78. The molecule has 0 saturated heterocycles. The maximum absolute atomic E-state index is 13.0. The van der Waals surface area contributed by atoms with Gasteiger partial charge in [0.05, 0.1) is 11.6 Å². The molecule has 2 N–H and O–H groups in total. The van der Waals surface area contributed by atoms with Crippen LogP contribution in [0.3, 0.4) is 0 Å². The highest BCUT2D eigenvalue weighted by Crippen LogP contribution is 2.32. The Balaban J connectivity index is 1.88. The van der Waals surface area contributed by atoms with Gasteiger partial charge in [-0.1, -0.05) is 106 Å². The van der Waals surface area contributed by atoms with E-state index in [0.717, 1.165) is 18.5 Å². The van der Waals surface area contributed by atoms with Gasteiger partial charge in [-0.25, -0.2) is 4.79 Å². The molecule has 0 aliphatic carbocycles. The second-order valence-corrected chi connectivity index (χ2v) is 9.14. The Labute approximate surface area is 202 Å². The number of nitrogens with one attached hydrogen (secondary N) is 1. The highest BCUT2D eigenvalue weighted by molar-refractivity contribution is 6.35. The van der Waals surface area contributed by atoms with Gasteiger partial charge in [0.15, 0.2) is 0 Å². The van der Waals surface area contributed by atoms with Crippen molar-refractivity contribution >= 4 is 34.9 Å². The van der Waals surface area contributed by atoms with Crippen LogP contribution in [0.25, 0.3) is 0 Å². The molecule has 0 heterocycles. The quantitative estimate of drug-likeness (QED) is 0.266. The van der Waals surface area contributed by atoms with Crippen LogP contribution in [-0.2, 0) is 6.54 Å². The van der Waals surface area contributed by atoms with Gasteiger partial charge in [0.25, 0.3) is 0 Å². The van der Waals surface area contributed by atoms with Gasteiger partial charge in [0.1, 0.15) is 5.75 Å². The number of hydrogen-bond acceptors (Lipinski definition) is 2. The van der Waals surface area contributed by atoms with E-state index in [1.54, 1.807) is 11.0 Å². The summed E-state index contributed by atoms with van der Waals surface area (Å²) in [6.07, 6.45) is 12.3. The first-order valence-electron chi connectivity index (χ1n) is 11.8. The molecule has 0 aliphatic heterocycles. The smallest absolute Gasteiger partial charge is 0.322 e. The maximum Gasteiger partial charge on any atom is 0.322 e. The predicted octanol–water partition coefficient (Wildman–Crippen LogP) is 8.65. The highest BCUT2D eigenvalue weighted by Gasteiger charge is 2.17. The van der Waals surface area contributed by atoms with Crippen molar-refractivity contribution in [2.24, 2.45) is 0 Å². The number of amides is 2. The minimum Gasteiger partial charge on any atom is -0.506 e. The Bertz CT molecular complexity index is 815. The normalized spacial score (nSPS) is 10.8. The van der Waals surface area contributed by atoms with Crippen LogP contribution in [0.2, 0.25) is 10.0 Å². The summed E-state index contributed by atoms with van der Waals surface area (Å²) in [5.41, 5.74) is 1.27. The summed E-state index contributed by atoms with van der Waals surface area (Å²) in [6, 6.07) is 12.3. The summed E-state index contributed by atoms with van der Waals surface area (Å²) in [4.78, 5) is 14.7. The van der Waals surface area contributed by atoms with Crippen molar-refractivity contribution < 1.29 is 9.90 Å². The number of urea groups is 1. The van der Waals surface area contributed by atoms with Crippen molar-refractivity contribution in [3.8, 4) is 5.75 Å². The van der Waals surface area contributed by atoms with Crippen LogP contribution in [0, 0.1) is 0 Å². The Morgan fingerprint density at radius 3 is 2.12 bits per heavy atom. The molecule has 2 aromatic carbocycles. The molecule has 0 radical (unpaired) electrons. The fraction of sp³-hybridized carbons (Fsp3) is 0.500. The number of carbonyl (C=O) groups is 1. The number of phenols is 1. The van der Waals surface area contributed by atoms with Gasteiger partial charge in [0.2, 0.25) is 0 Å². The van der Waals surface area contributed by atoms with Crippen LogP contribution in [0.1, 0.15) is 76.7 Å². The van der Waals surface area contributed by atoms with Crippen LogP contribution in [0.5, 0.6) is 5.75 Å². The van der Waals surface area contributed by atoms with E-state index in [4.69, 9.17) is 23.2 Å². The number of anilines is 1. The number of carbonyl (C=O) groups excluding carboxylic acids is 1. The molecule has 2 aromatic rings. The lowest BCUT2D eigenvalue weighted by molar-refractivity contribution is 0.207. The van der Waals surface area contributed by atoms with Gasteiger partial charge in [-0.3, -0.25) is 0 Å². The molecule has 2 amide bonds. The first-order valence-corrected chi connectivity index (χ1v) is 12.5. The Kier molecular flexibility index (Phi) is 12.4. The molecule has 6 heteroatoms. The largest absolute Gasteiger partial charge is 0.506 e. The number of hydrogen-bond donors (Lipinski definition) is 2. The summed E-state index contributed by atoms with van der Waals surface area (Å²) < 4.78 is 0. The summed E-state index contributed by atoms with van der Waals surface area (Å²) >= 11 is 12.2. The van der Waals surface area contributed by atoms with Crippen LogP contribution >= 0.6 is 23.2 Å². The molecule has 32 heavy (non-hydrogen) atoms. The molecular formula is C26H36Cl2N2O2. The Morgan fingerprint density at radius 1 is 0.906 bits per heavy atom. The topological polar surface area (TPSA) is 52.6 Å². The minimum absolute atomic E-state index is 0.0309. The lowest BCUT2D eigenvalue weighted by Crippen LogP contribution is -2.35. The van der Waals surface area contributed by atoms with E-state index < -0.39 is 0 Å². The third-order valence-corrected chi connectivity index (χ3v) is 6.07. The zero-order chi connectivity index (χ0) is 23.2. The fourth-order valence-electron chi connectivity index (χ4n) is 3.71. The summed E-state index contributed by atoms with van der Waals surface area (Å²) in [7, 11) is 0. The van der Waals surface area contributed by atoms with E-state index in [0.29, 0.717) is 17.1 Å². The van der Waals surface area contributed by atoms with Gasteiger partial charge in [-0.15, -0.1) is 0 Å². The molecule has 0 saturated carbocycles. The standard InChI is InChI=1S/C26H36Cl2N2O2/c1-2-3-4-5-6-7-8-9-10-14-17-30(26(32)29-23-15-12-11-13-16-23)20-21-18-22(27)19-24(28)25(21)31/h11-13,15-16,18-19,31H,2-10,14,17,20H2,1H3,(H,29,32). The number of aromatic hydroxyl groups is 1. The van der Waals surface area contributed by atoms with E-state index in [1.807, 2.05) is 30.3 Å². The van der Waals surface area contributed by atoms with E-state index in [-0.39, 0.29) is 23.3 Å². The number of unbranched alkanes of at least 4 members (excludes halogenated alkanes) is 9. The van der Waals surface area contributed by atoms with Crippen molar-refractivity contribution in [2.45, 2.75) is 77.7 Å². The van der Waals surface area contributed by atoms with Crippen molar-refractivity contribution in [3.05, 3.63) is 58.1 Å². The molecule has 0 spiro atoms. The Morgan fingerprint density at radius 2 is 1.50 bits per heavy atom. The van der Waals surface area contributed by atoms with Crippen molar-refractivity contribution in [1.29, 1.82) is 0 Å². The fourth-order valence-corrected chi connectivity index (χ4v) is 4.25. The molecule has 0 aliphatic rings. The number of phenolic OH excluding ortho intramolecular Hbond substituents is 1. The summed E-state index contributed by atoms with van der Waals surface area (Å²) in [5, 5.41) is 13.9. The second kappa shape index (κ2) is 15.0. The van der Waals surface area contributed by atoms with Gasteiger partial charge in [-0.2, -0.15) is 0 Å². The SMILES string of the molecule is CCCCCCCCCCCCN(Cc1cc(Cl)cc(Cl)c1O)C(=O)Nc1ccccc1. The lowest BCUT2D eigenvalue weighted by atomic mass is 10.1. The molecular weight excluding hydrogens is 443 g/mol. The zero-order valence-corrected chi connectivity index (χ0v) is 20.6. The van der Waals surface area contributed by atoms with Gasteiger partial charge < -0.3 is 15.3 Å². The molecule has 0 aromatic heterocycles. The van der Waals surface area contributed by atoms with Crippen LogP contribution in [0.4, 0.5) is 10.5 Å². The van der Waals surface area contributed by atoms with Crippen molar-refractivity contribution in [2.75, 3.05) is 11.9 Å². The third-order valence-electron chi connectivity index (χ3n) is 5.56. The second-order valence-electron chi connectivity index (χ2n) is 8.30. The van der Waals surface area contributed by atoms with Crippen molar-refractivity contribution in [1.82, 2.24) is 4.90 Å². The molecule has 0 fully saturated rings. The van der Waals surface area contributed by atoms with Crippen LogP contribution in [-0.4, -0.2) is 22.6 Å². The molecule has 2 rings (SSSR count). The highest BCUT2D eigenvalue weighted by atomic mass is 35.5. The van der Waals surface area contributed by atoms with Gasteiger partial charge >= 0.3 is 6.03 Å². The molecule has 0 atom stereocenters. The maximum atomic E-state index is 13.0. The summed E-state index contributed by atoms with van der Waals surface area (Å²) in [5.74, 6) is -0.0309. The number of benzene rings is 2. The minimum atomic E-state index is -0.206.